The average molecular weight is 413 g/mol. The summed E-state index contributed by atoms with van der Waals surface area (Å²) >= 11 is 0. The molecule has 1 aromatic heterocycles. The summed E-state index contributed by atoms with van der Waals surface area (Å²) in [6.45, 7) is 4.14. The van der Waals surface area contributed by atoms with Crippen LogP contribution in [0.15, 0.2) is 72.7 Å². The molecule has 1 aliphatic rings. The van der Waals surface area contributed by atoms with Gasteiger partial charge in [-0.05, 0) is 49.2 Å². The number of pyridine rings is 1. The number of methoxy groups -OCH3 is 1. The fraction of sp³-hybridized carbons (Fsp3) is 0.160. The summed E-state index contributed by atoms with van der Waals surface area (Å²) in [5, 5.41) is 3.23. The largest absolute Gasteiger partial charge is 0.496 e. The monoisotopic (exact) mass is 413 g/mol. The van der Waals surface area contributed by atoms with Crippen molar-refractivity contribution in [3.05, 3.63) is 94.9 Å². The van der Waals surface area contributed by atoms with E-state index in [0.29, 0.717) is 16.9 Å². The number of carbonyl (C=O) groups is 2. The van der Waals surface area contributed by atoms with Gasteiger partial charge in [0.2, 0.25) is 0 Å². The molecule has 4 rings (SSSR count). The van der Waals surface area contributed by atoms with Gasteiger partial charge in [-0.1, -0.05) is 35.9 Å². The van der Waals surface area contributed by atoms with E-state index < -0.39 is 0 Å². The maximum atomic E-state index is 13.5. The summed E-state index contributed by atoms with van der Waals surface area (Å²) in [6.07, 6.45) is 3.29. The van der Waals surface area contributed by atoms with E-state index in [0.717, 1.165) is 22.4 Å². The van der Waals surface area contributed by atoms with Crippen molar-refractivity contribution in [3.63, 3.8) is 0 Å². The van der Waals surface area contributed by atoms with Crippen LogP contribution in [0.1, 0.15) is 22.3 Å². The minimum atomic E-state index is -0.373. The molecule has 2 amide bonds. The van der Waals surface area contributed by atoms with Crippen LogP contribution in [0.2, 0.25) is 0 Å². The van der Waals surface area contributed by atoms with Crippen molar-refractivity contribution in [1.29, 1.82) is 0 Å². The Labute approximate surface area is 181 Å². The van der Waals surface area contributed by atoms with Crippen LogP contribution in [0.3, 0.4) is 0 Å². The molecule has 2 heterocycles. The summed E-state index contributed by atoms with van der Waals surface area (Å²) in [7, 11) is 1.55. The third-order valence-electron chi connectivity index (χ3n) is 5.28. The van der Waals surface area contributed by atoms with E-state index in [4.69, 9.17) is 4.74 Å². The first-order valence-corrected chi connectivity index (χ1v) is 9.96. The lowest BCUT2D eigenvalue weighted by Crippen LogP contribution is -2.32. The van der Waals surface area contributed by atoms with Crippen LogP contribution >= 0.6 is 0 Å². The number of rotatable bonds is 6. The fourth-order valence-corrected chi connectivity index (χ4v) is 3.70. The summed E-state index contributed by atoms with van der Waals surface area (Å²) in [4.78, 5) is 32.1. The molecule has 2 aromatic carbocycles. The predicted octanol–water partition coefficient (Wildman–Crippen LogP) is 4.10. The molecule has 0 radical (unpaired) electrons. The quantitative estimate of drug-likeness (QED) is 0.616. The molecule has 0 unspecified atom stereocenters. The standard InChI is InChI=1S/C25H23N3O3/c1-16-8-9-20(17(2)14-16)27-23-22(19-6-4-5-7-21(19)31-3)24(29)28(25(23)30)15-18-10-12-26-13-11-18/h4-14,27H,15H2,1-3H3. The van der Waals surface area contributed by atoms with Crippen LogP contribution in [0, 0.1) is 13.8 Å². The van der Waals surface area contributed by atoms with Crippen LogP contribution in [-0.2, 0) is 16.1 Å². The number of benzene rings is 2. The Morgan fingerprint density at radius 1 is 0.968 bits per heavy atom. The maximum Gasteiger partial charge on any atom is 0.278 e. The number of imide groups is 1. The highest BCUT2D eigenvalue weighted by molar-refractivity contribution is 6.37. The predicted molar refractivity (Wildman–Crippen MR) is 119 cm³/mol. The van der Waals surface area contributed by atoms with Gasteiger partial charge in [-0.15, -0.1) is 0 Å². The third kappa shape index (κ3) is 3.92. The van der Waals surface area contributed by atoms with Crippen molar-refractivity contribution in [2.75, 3.05) is 12.4 Å². The van der Waals surface area contributed by atoms with E-state index >= 15 is 0 Å². The molecule has 156 valence electrons. The van der Waals surface area contributed by atoms with Crippen LogP contribution in [0.4, 0.5) is 5.69 Å². The average Bonchev–Trinajstić information content (AvgIpc) is 3.00. The summed E-state index contributed by atoms with van der Waals surface area (Å²) in [5.74, 6) is -0.203. The molecule has 0 saturated carbocycles. The number of aryl methyl sites for hydroxylation is 2. The van der Waals surface area contributed by atoms with Crippen LogP contribution in [-0.4, -0.2) is 28.8 Å². The van der Waals surface area contributed by atoms with E-state index in [2.05, 4.69) is 10.3 Å². The molecule has 3 aromatic rings. The van der Waals surface area contributed by atoms with Crippen LogP contribution in [0.25, 0.3) is 5.57 Å². The number of hydrogen-bond acceptors (Lipinski definition) is 5. The molecule has 0 saturated heterocycles. The minimum Gasteiger partial charge on any atom is -0.496 e. The highest BCUT2D eigenvalue weighted by Crippen LogP contribution is 2.36. The lowest BCUT2D eigenvalue weighted by atomic mass is 10.0. The molecular weight excluding hydrogens is 390 g/mol. The smallest absolute Gasteiger partial charge is 0.278 e. The van der Waals surface area contributed by atoms with Gasteiger partial charge in [-0.2, -0.15) is 0 Å². The van der Waals surface area contributed by atoms with Gasteiger partial charge in [0.1, 0.15) is 11.4 Å². The van der Waals surface area contributed by atoms with E-state index in [-0.39, 0.29) is 24.1 Å². The SMILES string of the molecule is COc1ccccc1C1=C(Nc2ccc(C)cc2C)C(=O)N(Cc2ccncc2)C1=O. The van der Waals surface area contributed by atoms with E-state index in [1.807, 2.05) is 44.2 Å². The molecule has 0 spiro atoms. The van der Waals surface area contributed by atoms with Crippen molar-refractivity contribution in [2.24, 2.45) is 0 Å². The van der Waals surface area contributed by atoms with Crippen LogP contribution in [0.5, 0.6) is 5.75 Å². The van der Waals surface area contributed by atoms with E-state index in [9.17, 15) is 9.59 Å². The number of carbonyl (C=O) groups excluding carboxylic acids is 2. The van der Waals surface area contributed by atoms with Gasteiger partial charge in [0, 0.05) is 23.6 Å². The van der Waals surface area contributed by atoms with E-state index in [1.165, 1.54) is 4.90 Å². The molecule has 1 aliphatic heterocycles. The van der Waals surface area contributed by atoms with Gasteiger partial charge in [0.25, 0.3) is 11.8 Å². The molecule has 0 fully saturated rings. The number of anilines is 1. The third-order valence-corrected chi connectivity index (χ3v) is 5.28. The van der Waals surface area contributed by atoms with Gasteiger partial charge in [0.05, 0.1) is 19.2 Å². The molecule has 0 atom stereocenters. The van der Waals surface area contributed by atoms with Gasteiger partial charge in [0.15, 0.2) is 0 Å². The molecular formula is C25H23N3O3. The molecule has 0 aliphatic carbocycles. The molecule has 6 heteroatoms. The number of ether oxygens (including phenoxy) is 1. The Hall–Kier alpha value is -3.93. The number of nitrogens with zero attached hydrogens (tertiary/aromatic N) is 2. The Bertz CT molecular complexity index is 1190. The summed E-state index contributed by atoms with van der Waals surface area (Å²) < 4.78 is 5.48. The number of hydrogen-bond donors (Lipinski definition) is 1. The summed E-state index contributed by atoms with van der Waals surface area (Å²) in [5.41, 5.74) is 4.83. The van der Waals surface area contributed by atoms with Crippen molar-refractivity contribution >= 4 is 23.1 Å². The van der Waals surface area contributed by atoms with Gasteiger partial charge < -0.3 is 10.1 Å². The Kier molecular flexibility index (Phi) is 5.54. The van der Waals surface area contributed by atoms with Crippen molar-refractivity contribution in [1.82, 2.24) is 9.88 Å². The second-order valence-corrected chi connectivity index (χ2v) is 7.45. The number of aromatic nitrogens is 1. The normalized spacial score (nSPS) is 13.7. The molecule has 1 N–H and O–H groups in total. The number of para-hydroxylation sites is 1. The van der Waals surface area contributed by atoms with Gasteiger partial charge in [-0.3, -0.25) is 19.5 Å². The number of amides is 2. The van der Waals surface area contributed by atoms with Gasteiger partial charge in [-0.25, -0.2) is 0 Å². The second kappa shape index (κ2) is 8.44. The zero-order valence-electron chi connectivity index (χ0n) is 17.7. The minimum absolute atomic E-state index is 0.164. The van der Waals surface area contributed by atoms with Crippen LogP contribution < -0.4 is 10.1 Å². The first-order chi connectivity index (χ1) is 15.0. The number of nitrogens with one attached hydrogen (secondary N) is 1. The Balaban J connectivity index is 1.80. The maximum absolute atomic E-state index is 13.5. The zero-order chi connectivity index (χ0) is 22.0. The highest BCUT2D eigenvalue weighted by atomic mass is 16.5. The van der Waals surface area contributed by atoms with Crippen molar-refractivity contribution in [3.8, 4) is 5.75 Å². The van der Waals surface area contributed by atoms with Crippen molar-refractivity contribution < 1.29 is 14.3 Å². The first kappa shape index (κ1) is 20.3. The van der Waals surface area contributed by atoms with Crippen molar-refractivity contribution in [2.45, 2.75) is 20.4 Å². The zero-order valence-corrected chi connectivity index (χ0v) is 17.7. The topological polar surface area (TPSA) is 71.5 Å². The second-order valence-electron chi connectivity index (χ2n) is 7.45. The fourth-order valence-electron chi connectivity index (χ4n) is 3.70. The van der Waals surface area contributed by atoms with Gasteiger partial charge >= 0.3 is 0 Å². The Morgan fingerprint density at radius 3 is 2.42 bits per heavy atom. The molecule has 0 bridgehead atoms. The lowest BCUT2D eigenvalue weighted by molar-refractivity contribution is -0.137. The molecule has 6 nitrogen and oxygen atoms in total. The van der Waals surface area contributed by atoms with E-state index in [1.54, 1.807) is 43.8 Å². The lowest BCUT2D eigenvalue weighted by Gasteiger charge is -2.16. The Morgan fingerprint density at radius 2 is 1.71 bits per heavy atom. The summed E-state index contributed by atoms with van der Waals surface area (Å²) in [6, 6.07) is 16.7. The highest BCUT2D eigenvalue weighted by Gasteiger charge is 2.40. The first-order valence-electron chi connectivity index (χ1n) is 9.96. The molecule has 31 heavy (non-hydrogen) atoms.